The summed E-state index contributed by atoms with van der Waals surface area (Å²) < 4.78 is 0. The van der Waals surface area contributed by atoms with Crippen molar-refractivity contribution in [3.05, 3.63) is 68.2 Å². The molecule has 1 aromatic carbocycles. The number of aryl methyl sites for hydroxylation is 1. The predicted octanol–water partition coefficient (Wildman–Crippen LogP) is 5.75. The molecule has 2 amide bonds. The summed E-state index contributed by atoms with van der Waals surface area (Å²) in [4.78, 5) is 27.6. The second-order valence-electron chi connectivity index (χ2n) is 7.31. The first-order valence-electron chi connectivity index (χ1n) is 9.38. The van der Waals surface area contributed by atoms with Crippen molar-refractivity contribution in [3.8, 4) is 0 Å². The molecule has 1 aliphatic carbocycles. The van der Waals surface area contributed by atoms with Gasteiger partial charge in [-0.05, 0) is 66.8 Å². The molecule has 1 aliphatic rings. The molecule has 0 radical (unpaired) electrons. The van der Waals surface area contributed by atoms with Gasteiger partial charge in [-0.3, -0.25) is 9.59 Å². The van der Waals surface area contributed by atoms with E-state index in [1.165, 1.54) is 16.2 Å². The molecular formula is C22H22N2O2S2. The predicted molar refractivity (Wildman–Crippen MR) is 117 cm³/mol. The van der Waals surface area contributed by atoms with Crippen LogP contribution in [-0.2, 0) is 12.8 Å². The number of anilines is 2. The Morgan fingerprint density at radius 2 is 1.96 bits per heavy atom. The first kappa shape index (κ1) is 18.9. The lowest BCUT2D eigenvalue weighted by Crippen LogP contribution is -2.19. The van der Waals surface area contributed by atoms with Gasteiger partial charge in [-0.25, -0.2) is 0 Å². The molecule has 1 unspecified atom stereocenters. The minimum Gasteiger partial charge on any atom is -0.322 e. The van der Waals surface area contributed by atoms with E-state index in [4.69, 9.17) is 0 Å². The lowest BCUT2D eigenvalue weighted by atomic mass is 9.88. The van der Waals surface area contributed by atoms with Crippen LogP contribution in [0.2, 0.25) is 0 Å². The van der Waals surface area contributed by atoms with Gasteiger partial charge in [-0.1, -0.05) is 25.1 Å². The number of carbonyl (C=O) groups excluding carboxylic acids is 2. The zero-order valence-electron chi connectivity index (χ0n) is 15.9. The Labute approximate surface area is 172 Å². The quantitative estimate of drug-likeness (QED) is 0.575. The highest BCUT2D eigenvalue weighted by Gasteiger charge is 2.28. The molecule has 1 atom stereocenters. The van der Waals surface area contributed by atoms with Crippen molar-refractivity contribution in [2.24, 2.45) is 5.92 Å². The Balaban J connectivity index is 1.67. The molecule has 0 saturated heterocycles. The number of benzene rings is 1. The fourth-order valence-corrected chi connectivity index (χ4v) is 5.59. The average Bonchev–Trinajstić information content (AvgIpc) is 3.29. The van der Waals surface area contributed by atoms with Crippen LogP contribution in [0.4, 0.5) is 10.7 Å². The third-order valence-electron chi connectivity index (χ3n) is 4.99. The van der Waals surface area contributed by atoms with Gasteiger partial charge in [-0.2, -0.15) is 0 Å². The lowest BCUT2D eigenvalue weighted by Gasteiger charge is -2.18. The first-order chi connectivity index (χ1) is 13.5. The largest absolute Gasteiger partial charge is 0.322 e. The van der Waals surface area contributed by atoms with Crippen molar-refractivity contribution in [1.82, 2.24) is 0 Å². The van der Waals surface area contributed by atoms with Gasteiger partial charge in [0.25, 0.3) is 11.8 Å². The van der Waals surface area contributed by atoms with Gasteiger partial charge >= 0.3 is 0 Å². The van der Waals surface area contributed by atoms with E-state index in [-0.39, 0.29) is 11.8 Å². The molecule has 0 bridgehead atoms. The smallest absolute Gasteiger partial charge is 0.266 e. The number of hydrogen-bond acceptors (Lipinski definition) is 4. The number of nitrogens with one attached hydrogen (secondary N) is 2. The van der Waals surface area contributed by atoms with E-state index in [0.29, 0.717) is 21.4 Å². The normalized spacial score (nSPS) is 15.7. The van der Waals surface area contributed by atoms with Crippen LogP contribution in [0.1, 0.15) is 49.4 Å². The van der Waals surface area contributed by atoms with E-state index in [0.717, 1.165) is 36.1 Å². The van der Waals surface area contributed by atoms with E-state index >= 15 is 0 Å². The summed E-state index contributed by atoms with van der Waals surface area (Å²) in [5.74, 6) is 0.282. The summed E-state index contributed by atoms with van der Waals surface area (Å²) in [5.41, 5.74) is 3.57. The number of amides is 2. The van der Waals surface area contributed by atoms with Gasteiger partial charge in [0.15, 0.2) is 0 Å². The first-order valence-corrected chi connectivity index (χ1v) is 11.1. The summed E-state index contributed by atoms with van der Waals surface area (Å²) >= 11 is 2.94. The second-order valence-corrected chi connectivity index (χ2v) is 9.36. The number of fused-ring (bicyclic) bond motifs is 1. The van der Waals surface area contributed by atoms with E-state index in [1.54, 1.807) is 17.4 Å². The lowest BCUT2D eigenvalue weighted by molar-refractivity contribution is 0.102. The molecule has 6 heteroatoms. The van der Waals surface area contributed by atoms with Crippen molar-refractivity contribution in [2.45, 2.75) is 33.1 Å². The van der Waals surface area contributed by atoms with E-state index in [9.17, 15) is 9.59 Å². The zero-order valence-corrected chi connectivity index (χ0v) is 17.5. The Bertz CT molecular complexity index is 1020. The molecule has 4 rings (SSSR count). The van der Waals surface area contributed by atoms with E-state index in [1.807, 2.05) is 42.6 Å². The number of hydrogen-bond donors (Lipinski definition) is 2. The maximum Gasteiger partial charge on any atom is 0.266 e. The molecule has 2 N–H and O–H groups in total. The topological polar surface area (TPSA) is 58.2 Å². The van der Waals surface area contributed by atoms with Gasteiger partial charge in [-0.15, -0.1) is 22.7 Å². The minimum absolute atomic E-state index is 0.154. The average molecular weight is 411 g/mol. The van der Waals surface area contributed by atoms with Crippen LogP contribution in [0.15, 0.2) is 41.8 Å². The third kappa shape index (κ3) is 3.88. The van der Waals surface area contributed by atoms with Gasteiger partial charge < -0.3 is 10.6 Å². The molecular weight excluding hydrogens is 388 g/mol. The molecule has 4 nitrogen and oxygen atoms in total. The number of thiophene rings is 2. The van der Waals surface area contributed by atoms with Crippen LogP contribution in [0, 0.1) is 12.8 Å². The highest BCUT2D eigenvalue weighted by atomic mass is 32.1. The molecule has 3 aromatic rings. The molecule has 0 spiro atoms. The van der Waals surface area contributed by atoms with Crippen molar-refractivity contribution < 1.29 is 9.59 Å². The SMILES string of the molecule is Cc1cccc(NC(=O)c2c(NC(=O)c3cccs3)sc3c2CCC(C)C3)c1. The van der Waals surface area contributed by atoms with E-state index in [2.05, 4.69) is 17.6 Å². The molecule has 2 aromatic heterocycles. The molecule has 2 heterocycles. The Hall–Kier alpha value is -2.44. The van der Waals surface area contributed by atoms with Gasteiger partial charge in [0.1, 0.15) is 5.00 Å². The van der Waals surface area contributed by atoms with Gasteiger partial charge in [0.05, 0.1) is 10.4 Å². The number of rotatable bonds is 4. The van der Waals surface area contributed by atoms with Crippen molar-refractivity contribution in [3.63, 3.8) is 0 Å². The minimum atomic E-state index is -0.161. The Kier molecular flexibility index (Phi) is 5.33. The van der Waals surface area contributed by atoms with Gasteiger partial charge in [0.2, 0.25) is 0 Å². The summed E-state index contributed by atoms with van der Waals surface area (Å²) in [7, 11) is 0. The van der Waals surface area contributed by atoms with Crippen LogP contribution in [0.5, 0.6) is 0 Å². The van der Waals surface area contributed by atoms with Crippen LogP contribution < -0.4 is 10.6 Å². The monoisotopic (exact) mass is 410 g/mol. The van der Waals surface area contributed by atoms with Crippen LogP contribution in [0.25, 0.3) is 0 Å². The van der Waals surface area contributed by atoms with Crippen LogP contribution in [-0.4, -0.2) is 11.8 Å². The van der Waals surface area contributed by atoms with E-state index < -0.39 is 0 Å². The second kappa shape index (κ2) is 7.89. The number of carbonyl (C=O) groups is 2. The van der Waals surface area contributed by atoms with Crippen molar-refractivity contribution in [1.29, 1.82) is 0 Å². The summed E-state index contributed by atoms with van der Waals surface area (Å²) in [6, 6.07) is 11.4. The standard InChI is InChI=1S/C22H22N2O2S2/c1-13-5-3-6-15(11-13)23-21(26)19-16-9-8-14(2)12-18(16)28-22(19)24-20(25)17-7-4-10-27-17/h3-7,10-11,14H,8-9,12H2,1-2H3,(H,23,26)(H,24,25). The zero-order chi connectivity index (χ0) is 19.7. The maximum atomic E-state index is 13.2. The molecule has 0 aliphatic heterocycles. The fraction of sp³-hybridized carbons (Fsp3) is 0.273. The summed E-state index contributed by atoms with van der Waals surface area (Å²) in [6.45, 7) is 4.23. The molecule has 0 fully saturated rings. The highest BCUT2D eigenvalue weighted by molar-refractivity contribution is 7.17. The van der Waals surface area contributed by atoms with Crippen molar-refractivity contribution in [2.75, 3.05) is 10.6 Å². The van der Waals surface area contributed by atoms with Gasteiger partial charge in [0, 0.05) is 10.6 Å². The highest BCUT2D eigenvalue weighted by Crippen LogP contribution is 2.40. The summed E-state index contributed by atoms with van der Waals surface area (Å²) in [6.07, 6.45) is 2.89. The molecule has 0 saturated carbocycles. The van der Waals surface area contributed by atoms with Crippen LogP contribution >= 0.6 is 22.7 Å². The van der Waals surface area contributed by atoms with Crippen molar-refractivity contribution >= 4 is 45.2 Å². The Morgan fingerprint density at radius 1 is 1.11 bits per heavy atom. The Morgan fingerprint density at radius 3 is 2.71 bits per heavy atom. The molecule has 144 valence electrons. The molecule has 28 heavy (non-hydrogen) atoms. The van der Waals surface area contributed by atoms with Crippen LogP contribution in [0.3, 0.4) is 0 Å². The summed E-state index contributed by atoms with van der Waals surface area (Å²) in [5, 5.41) is 8.54. The maximum absolute atomic E-state index is 13.2. The third-order valence-corrected chi connectivity index (χ3v) is 7.03. The fourth-order valence-electron chi connectivity index (χ4n) is 3.57.